The number of hydrogen-bond donors (Lipinski definition) is 1. The van der Waals surface area contributed by atoms with Crippen molar-refractivity contribution in [2.24, 2.45) is 0 Å². The fourth-order valence-electron chi connectivity index (χ4n) is 3.72. The average molecular weight is 430 g/mol. The van der Waals surface area contributed by atoms with Crippen LogP contribution in [0, 0.1) is 0 Å². The second kappa shape index (κ2) is 8.93. The van der Waals surface area contributed by atoms with Crippen molar-refractivity contribution in [3.05, 3.63) is 95.3 Å². The highest BCUT2D eigenvalue weighted by Crippen LogP contribution is 2.39. The summed E-state index contributed by atoms with van der Waals surface area (Å²) in [5, 5.41) is 11.1. The van der Waals surface area contributed by atoms with Crippen LogP contribution < -0.4 is 9.47 Å². The van der Waals surface area contributed by atoms with Crippen LogP contribution in [0.3, 0.4) is 0 Å². The highest BCUT2D eigenvalue weighted by molar-refractivity contribution is 6.46. The number of Topliss-reactive ketones (excluding diaryl/α,β-unsaturated/α-hetero) is 1. The van der Waals surface area contributed by atoms with E-state index in [2.05, 4.69) is 4.98 Å². The van der Waals surface area contributed by atoms with E-state index in [1.807, 2.05) is 12.1 Å². The second-order valence-corrected chi connectivity index (χ2v) is 7.26. The summed E-state index contributed by atoms with van der Waals surface area (Å²) in [5.41, 5.74) is 1.73. The number of methoxy groups -OCH3 is 2. The molecule has 1 aromatic heterocycles. The predicted octanol–water partition coefficient (Wildman–Crippen LogP) is 3.72. The van der Waals surface area contributed by atoms with Gasteiger partial charge in [0.2, 0.25) is 0 Å². The standard InChI is InChI=1S/C25H22N2O5/c1-31-18-10-6-16(7-11-18)15-27-22(20-5-3-4-14-26-20)21(24(29)25(27)30)23(28)17-8-12-19(32-2)13-9-17/h3-14,22,28H,15H2,1-2H3/b23-21-. The Labute approximate surface area is 185 Å². The molecule has 3 aromatic rings. The van der Waals surface area contributed by atoms with E-state index in [-0.39, 0.29) is 17.9 Å². The summed E-state index contributed by atoms with van der Waals surface area (Å²) >= 11 is 0. The van der Waals surface area contributed by atoms with Gasteiger partial charge in [-0.25, -0.2) is 0 Å². The van der Waals surface area contributed by atoms with E-state index in [4.69, 9.17) is 9.47 Å². The van der Waals surface area contributed by atoms with Gasteiger partial charge in [0.15, 0.2) is 0 Å². The van der Waals surface area contributed by atoms with E-state index in [9.17, 15) is 14.7 Å². The van der Waals surface area contributed by atoms with Crippen molar-refractivity contribution in [3.63, 3.8) is 0 Å². The summed E-state index contributed by atoms with van der Waals surface area (Å²) in [5.74, 6) is -0.382. The minimum Gasteiger partial charge on any atom is -0.507 e. The molecule has 0 aliphatic carbocycles. The maximum atomic E-state index is 13.0. The van der Waals surface area contributed by atoms with Gasteiger partial charge in [0, 0.05) is 18.3 Å². The molecule has 32 heavy (non-hydrogen) atoms. The Kier molecular flexibility index (Phi) is 5.89. The molecule has 0 bridgehead atoms. The van der Waals surface area contributed by atoms with Gasteiger partial charge in [-0.05, 0) is 54.1 Å². The van der Waals surface area contributed by atoms with E-state index < -0.39 is 17.7 Å². The average Bonchev–Trinajstić information content (AvgIpc) is 3.09. The van der Waals surface area contributed by atoms with E-state index in [1.54, 1.807) is 75.0 Å². The number of ketones is 1. The van der Waals surface area contributed by atoms with E-state index in [1.165, 1.54) is 4.90 Å². The fraction of sp³-hybridized carbons (Fsp3) is 0.160. The van der Waals surface area contributed by atoms with Crippen LogP contribution >= 0.6 is 0 Å². The van der Waals surface area contributed by atoms with Crippen LogP contribution in [0.15, 0.2) is 78.5 Å². The zero-order valence-corrected chi connectivity index (χ0v) is 17.7. The van der Waals surface area contributed by atoms with Crippen LogP contribution in [0.1, 0.15) is 22.9 Å². The van der Waals surface area contributed by atoms with Gasteiger partial charge in [-0.2, -0.15) is 0 Å². The third-order valence-corrected chi connectivity index (χ3v) is 5.38. The Morgan fingerprint density at radius 1 is 0.938 bits per heavy atom. The maximum absolute atomic E-state index is 13.0. The smallest absolute Gasteiger partial charge is 0.296 e. The van der Waals surface area contributed by atoms with Crippen molar-refractivity contribution in [1.82, 2.24) is 9.88 Å². The highest BCUT2D eigenvalue weighted by atomic mass is 16.5. The van der Waals surface area contributed by atoms with Crippen LogP contribution in [-0.2, 0) is 16.1 Å². The van der Waals surface area contributed by atoms with E-state index in [0.29, 0.717) is 22.8 Å². The molecule has 1 atom stereocenters. The van der Waals surface area contributed by atoms with Crippen molar-refractivity contribution in [2.75, 3.05) is 14.2 Å². The van der Waals surface area contributed by atoms with Gasteiger partial charge in [-0.15, -0.1) is 0 Å². The Hall–Kier alpha value is -4.13. The van der Waals surface area contributed by atoms with Crippen LogP contribution in [0.25, 0.3) is 5.76 Å². The van der Waals surface area contributed by atoms with Crippen LogP contribution in [0.4, 0.5) is 0 Å². The molecule has 7 nitrogen and oxygen atoms in total. The zero-order valence-electron chi connectivity index (χ0n) is 17.7. The Balaban J connectivity index is 1.79. The molecule has 1 amide bonds. The highest BCUT2D eigenvalue weighted by Gasteiger charge is 2.46. The van der Waals surface area contributed by atoms with Gasteiger partial charge in [0.05, 0.1) is 25.5 Å². The third kappa shape index (κ3) is 3.92. The Morgan fingerprint density at radius 3 is 2.12 bits per heavy atom. The second-order valence-electron chi connectivity index (χ2n) is 7.26. The molecular weight excluding hydrogens is 408 g/mol. The molecule has 2 heterocycles. The normalized spacial score (nSPS) is 17.4. The summed E-state index contributed by atoms with van der Waals surface area (Å²) in [6, 6.07) is 18.3. The van der Waals surface area contributed by atoms with Crippen molar-refractivity contribution >= 4 is 17.4 Å². The monoisotopic (exact) mass is 430 g/mol. The lowest BCUT2D eigenvalue weighted by Crippen LogP contribution is -2.29. The van der Waals surface area contributed by atoms with Crippen LogP contribution in [0.5, 0.6) is 11.5 Å². The number of carbonyl (C=O) groups excluding carboxylic acids is 2. The fourth-order valence-corrected chi connectivity index (χ4v) is 3.72. The molecule has 1 unspecified atom stereocenters. The molecule has 1 aliphatic heterocycles. The Morgan fingerprint density at radius 2 is 1.56 bits per heavy atom. The van der Waals surface area contributed by atoms with E-state index in [0.717, 1.165) is 5.56 Å². The lowest BCUT2D eigenvalue weighted by Gasteiger charge is -2.24. The SMILES string of the molecule is COc1ccc(CN2C(=O)C(=O)/C(=C(\O)c3ccc(OC)cc3)C2c2ccccn2)cc1. The predicted molar refractivity (Wildman–Crippen MR) is 118 cm³/mol. The molecule has 1 fully saturated rings. The number of carbonyl (C=O) groups is 2. The first kappa shape index (κ1) is 21.1. The van der Waals surface area contributed by atoms with Gasteiger partial charge >= 0.3 is 0 Å². The van der Waals surface area contributed by atoms with Crippen molar-refractivity contribution in [3.8, 4) is 11.5 Å². The van der Waals surface area contributed by atoms with E-state index >= 15 is 0 Å². The summed E-state index contributed by atoms with van der Waals surface area (Å²) in [6.07, 6.45) is 1.59. The Bertz CT molecular complexity index is 1160. The minimum absolute atomic E-state index is 0.00683. The summed E-state index contributed by atoms with van der Waals surface area (Å²) in [6.45, 7) is 0.176. The summed E-state index contributed by atoms with van der Waals surface area (Å²) in [4.78, 5) is 31.9. The summed E-state index contributed by atoms with van der Waals surface area (Å²) in [7, 11) is 3.12. The molecule has 0 saturated carbocycles. The molecule has 162 valence electrons. The minimum atomic E-state index is -0.819. The van der Waals surface area contributed by atoms with Gasteiger partial charge in [0.25, 0.3) is 11.7 Å². The topological polar surface area (TPSA) is 89.0 Å². The number of hydrogen-bond acceptors (Lipinski definition) is 6. The summed E-state index contributed by atoms with van der Waals surface area (Å²) < 4.78 is 10.3. The number of aliphatic hydroxyl groups is 1. The number of aliphatic hydroxyl groups excluding tert-OH is 1. The molecule has 7 heteroatoms. The first-order valence-corrected chi connectivity index (χ1v) is 10.00. The third-order valence-electron chi connectivity index (χ3n) is 5.38. The van der Waals surface area contributed by atoms with Crippen molar-refractivity contribution in [1.29, 1.82) is 0 Å². The molecule has 1 aliphatic rings. The lowest BCUT2D eigenvalue weighted by atomic mass is 9.98. The number of pyridine rings is 1. The number of nitrogens with zero attached hydrogens (tertiary/aromatic N) is 2. The number of amides is 1. The number of aromatic nitrogens is 1. The first-order valence-electron chi connectivity index (χ1n) is 10.00. The molecule has 0 radical (unpaired) electrons. The molecule has 1 saturated heterocycles. The van der Waals surface area contributed by atoms with Crippen LogP contribution in [-0.4, -0.2) is 40.9 Å². The van der Waals surface area contributed by atoms with Crippen molar-refractivity contribution < 1.29 is 24.2 Å². The molecule has 4 rings (SSSR count). The molecule has 2 aromatic carbocycles. The number of ether oxygens (including phenoxy) is 2. The maximum Gasteiger partial charge on any atom is 0.296 e. The van der Waals surface area contributed by atoms with Gasteiger partial charge < -0.3 is 19.5 Å². The first-order chi connectivity index (χ1) is 15.5. The van der Waals surface area contributed by atoms with Gasteiger partial charge in [-0.1, -0.05) is 18.2 Å². The number of benzene rings is 2. The zero-order chi connectivity index (χ0) is 22.7. The quantitative estimate of drug-likeness (QED) is 0.364. The molecule has 1 N–H and O–H groups in total. The van der Waals surface area contributed by atoms with Crippen LogP contribution in [0.2, 0.25) is 0 Å². The van der Waals surface area contributed by atoms with Gasteiger partial charge in [0.1, 0.15) is 23.3 Å². The molecular formula is C25H22N2O5. The number of likely N-dealkylation sites (tertiary alicyclic amines) is 1. The largest absolute Gasteiger partial charge is 0.507 e. The number of rotatable bonds is 6. The molecule has 0 spiro atoms. The lowest BCUT2D eigenvalue weighted by molar-refractivity contribution is -0.140. The van der Waals surface area contributed by atoms with Crippen molar-refractivity contribution in [2.45, 2.75) is 12.6 Å². The van der Waals surface area contributed by atoms with Gasteiger partial charge in [-0.3, -0.25) is 14.6 Å².